The normalized spacial score (nSPS) is 11.8. The van der Waals surface area contributed by atoms with Crippen molar-refractivity contribution in [2.45, 2.75) is 13.0 Å². The Kier molecular flexibility index (Phi) is 5.33. The van der Waals surface area contributed by atoms with Crippen LogP contribution in [0, 0.1) is 11.6 Å². The molecule has 0 aliphatic rings. The molecule has 0 saturated heterocycles. The Morgan fingerprint density at radius 3 is 2.68 bits per heavy atom. The third kappa shape index (κ3) is 4.43. The molecule has 0 unspecified atom stereocenters. The minimum absolute atomic E-state index is 0.0875. The Labute approximate surface area is 131 Å². The lowest BCUT2D eigenvalue weighted by molar-refractivity contribution is -0.123. The first-order chi connectivity index (χ1) is 10.5. The Bertz CT molecular complexity index is 679. The Morgan fingerprint density at radius 2 is 2.00 bits per heavy atom. The monoisotopic (exact) mass is 325 g/mol. The lowest BCUT2D eigenvalue weighted by atomic mass is 10.1. The standard InChI is InChI=1S/C16H14ClF2NO2/c1-10(11-3-2-4-12(17)7-11)20-16(21)9-22-13-5-6-14(18)15(19)8-13/h2-8,10H,9H2,1H3,(H,20,21)/t10-/m1/s1. The third-order valence-corrected chi connectivity index (χ3v) is 3.22. The maximum absolute atomic E-state index is 13.0. The van der Waals surface area contributed by atoms with Gasteiger partial charge in [0.1, 0.15) is 5.75 Å². The number of hydrogen-bond donors (Lipinski definition) is 1. The van der Waals surface area contributed by atoms with E-state index in [2.05, 4.69) is 5.32 Å². The van der Waals surface area contributed by atoms with Gasteiger partial charge in [-0.05, 0) is 36.8 Å². The zero-order valence-corrected chi connectivity index (χ0v) is 12.5. The minimum Gasteiger partial charge on any atom is -0.484 e. The number of amides is 1. The van der Waals surface area contributed by atoms with Crippen molar-refractivity contribution < 1.29 is 18.3 Å². The maximum atomic E-state index is 13.0. The summed E-state index contributed by atoms with van der Waals surface area (Å²) in [6, 6.07) is 9.96. The van der Waals surface area contributed by atoms with E-state index in [4.69, 9.17) is 16.3 Å². The smallest absolute Gasteiger partial charge is 0.258 e. The fourth-order valence-electron chi connectivity index (χ4n) is 1.86. The van der Waals surface area contributed by atoms with Crippen LogP contribution in [-0.4, -0.2) is 12.5 Å². The van der Waals surface area contributed by atoms with E-state index in [9.17, 15) is 13.6 Å². The van der Waals surface area contributed by atoms with Gasteiger partial charge < -0.3 is 10.1 Å². The predicted octanol–water partition coefficient (Wildman–Crippen LogP) is 3.87. The number of carbonyl (C=O) groups is 1. The summed E-state index contributed by atoms with van der Waals surface area (Å²) >= 11 is 5.89. The van der Waals surface area contributed by atoms with Gasteiger partial charge in [-0.3, -0.25) is 4.79 Å². The van der Waals surface area contributed by atoms with Crippen LogP contribution in [0.2, 0.25) is 5.02 Å². The molecule has 0 radical (unpaired) electrons. The van der Waals surface area contributed by atoms with E-state index in [-0.39, 0.29) is 24.3 Å². The molecule has 0 aliphatic carbocycles. The highest BCUT2D eigenvalue weighted by Crippen LogP contribution is 2.18. The number of benzene rings is 2. The Hall–Kier alpha value is -2.14. The summed E-state index contributed by atoms with van der Waals surface area (Å²) in [4.78, 5) is 11.8. The molecule has 0 spiro atoms. The number of nitrogens with one attached hydrogen (secondary N) is 1. The number of carbonyl (C=O) groups excluding carboxylic acids is 1. The van der Waals surface area contributed by atoms with Gasteiger partial charge in [0.2, 0.25) is 0 Å². The molecule has 0 bridgehead atoms. The summed E-state index contributed by atoms with van der Waals surface area (Å²) in [5, 5.41) is 3.31. The van der Waals surface area contributed by atoms with Gasteiger partial charge >= 0.3 is 0 Å². The van der Waals surface area contributed by atoms with Crippen LogP contribution in [0.5, 0.6) is 5.75 Å². The fraction of sp³-hybridized carbons (Fsp3) is 0.188. The molecule has 0 aliphatic heterocycles. The van der Waals surface area contributed by atoms with Crippen molar-refractivity contribution in [3.63, 3.8) is 0 Å². The van der Waals surface area contributed by atoms with Crippen LogP contribution in [0.15, 0.2) is 42.5 Å². The van der Waals surface area contributed by atoms with Gasteiger partial charge in [0.25, 0.3) is 5.91 Å². The van der Waals surface area contributed by atoms with Gasteiger partial charge in [-0.2, -0.15) is 0 Å². The molecule has 22 heavy (non-hydrogen) atoms. The van der Waals surface area contributed by atoms with E-state index in [1.54, 1.807) is 25.1 Å². The number of halogens is 3. The largest absolute Gasteiger partial charge is 0.484 e. The van der Waals surface area contributed by atoms with Gasteiger partial charge in [-0.1, -0.05) is 23.7 Å². The molecule has 6 heteroatoms. The van der Waals surface area contributed by atoms with E-state index in [1.165, 1.54) is 6.07 Å². The molecule has 0 aromatic heterocycles. The van der Waals surface area contributed by atoms with Crippen LogP contribution in [0.4, 0.5) is 8.78 Å². The molecule has 1 amide bonds. The minimum atomic E-state index is -1.02. The maximum Gasteiger partial charge on any atom is 0.258 e. The van der Waals surface area contributed by atoms with Crippen LogP contribution in [0.3, 0.4) is 0 Å². The molecule has 2 aromatic carbocycles. The van der Waals surface area contributed by atoms with Crippen molar-refractivity contribution in [1.29, 1.82) is 0 Å². The molecule has 1 N–H and O–H groups in total. The summed E-state index contributed by atoms with van der Waals surface area (Å²) in [7, 11) is 0. The second-order valence-electron chi connectivity index (χ2n) is 4.71. The van der Waals surface area contributed by atoms with Gasteiger partial charge in [-0.15, -0.1) is 0 Å². The van der Waals surface area contributed by atoms with Crippen molar-refractivity contribution in [2.24, 2.45) is 0 Å². The molecule has 2 rings (SSSR count). The van der Waals surface area contributed by atoms with Crippen LogP contribution >= 0.6 is 11.6 Å². The van der Waals surface area contributed by atoms with Gasteiger partial charge in [-0.25, -0.2) is 8.78 Å². The zero-order valence-electron chi connectivity index (χ0n) is 11.8. The second-order valence-corrected chi connectivity index (χ2v) is 5.15. The van der Waals surface area contributed by atoms with Crippen molar-refractivity contribution in [3.05, 3.63) is 64.7 Å². The van der Waals surface area contributed by atoms with Gasteiger partial charge in [0, 0.05) is 11.1 Å². The molecule has 0 fully saturated rings. The molecule has 3 nitrogen and oxygen atoms in total. The van der Waals surface area contributed by atoms with E-state index < -0.39 is 11.6 Å². The molecule has 0 saturated carbocycles. The van der Waals surface area contributed by atoms with Crippen LogP contribution in [0.1, 0.15) is 18.5 Å². The number of rotatable bonds is 5. The first-order valence-corrected chi connectivity index (χ1v) is 6.96. The lowest BCUT2D eigenvalue weighted by Crippen LogP contribution is -2.31. The molecule has 2 aromatic rings. The SMILES string of the molecule is C[C@@H](NC(=O)COc1ccc(F)c(F)c1)c1cccc(Cl)c1. The van der Waals surface area contributed by atoms with Crippen molar-refractivity contribution >= 4 is 17.5 Å². The van der Waals surface area contributed by atoms with Crippen LogP contribution in [0.25, 0.3) is 0 Å². The molecule has 116 valence electrons. The number of ether oxygens (including phenoxy) is 1. The topological polar surface area (TPSA) is 38.3 Å². The quantitative estimate of drug-likeness (QED) is 0.906. The highest BCUT2D eigenvalue weighted by molar-refractivity contribution is 6.30. The van der Waals surface area contributed by atoms with Crippen LogP contribution < -0.4 is 10.1 Å². The molecule has 1 atom stereocenters. The highest BCUT2D eigenvalue weighted by atomic mass is 35.5. The lowest BCUT2D eigenvalue weighted by Gasteiger charge is -2.15. The summed E-state index contributed by atoms with van der Waals surface area (Å²) in [5.41, 5.74) is 0.855. The van der Waals surface area contributed by atoms with E-state index in [1.807, 2.05) is 6.07 Å². The Morgan fingerprint density at radius 1 is 1.23 bits per heavy atom. The van der Waals surface area contributed by atoms with E-state index >= 15 is 0 Å². The summed E-state index contributed by atoms with van der Waals surface area (Å²) in [6.45, 7) is 1.51. The first kappa shape index (κ1) is 16.2. The molecule has 0 heterocycles. The molecular formula is C16H14ClF2NO2. The fourth-order valence-corrected chi connectivity index (χ4v) is 2.06. The average molecular weight is 326 g/mol. The summed E-state index contributed by atoms with van der Waals surface area (Å²) < 4.78 is 30.9. The average Bonchev–Trinajstić information content (AvgIpc) is 2.48. The van der Waals surface area contributed by atoms with E-state index in [0.29, 0.717) is 5.02 Å². The van der Waals surface area contributed by atoms with Crippen LogP contribution in [-0.2, 0) is 4.79 Å². The van der Waals surface area contributed by atoms with Gasteiger partial charge in [0.15, 0.2) is 18.2 Å². The van der Waals surface area contributed by atoms with Crippen molar-refractivity contribution in [1.82, 2.24) is 5.32 Å². The highest BCUT2D eigenvalue weighted by Gasteiger charge is 2.11. The predicted molar refractivity (Wildman–Crippen MR) is 79.9 cm³/mol. The van der Waals surface area contributed by atoms with Crippen molar-refractivity contribution in [2.75, 3.05) is 6.61 Å². The first-order valence-electron chi connectivity index (χ1n) is 6.58. The Balaban J connectivity index is 1.88. The van der Waals surface area contributed by atoms with Crippen molar-refractivity contribution in [3.8, 4) is 5.75 Å². The molecular weight excluding hydrogens is 312 g/mol. The second kappa shape index (κ2) is 7.22. The third-order valence-electron chi connectivity index (χ3n) is 2.99. The zero-order chi connectivity index (χ0) is 16.1. The van der Waals surface area contributed by atoms with Gasteiger partial charge in [0.05, 0.1) is 6.04 Å². The van der Waals surface area contributed by atoms with E-state index in [0.717, 1.165) is 17.7 Å². The summed E-state index contributed by atoms with van der Waals surface area (Å²) in [6.07, 6.45) is 0. The summed E-state index contributed by atoms with van der Waals surface area (Å²) in [5.74, 6) is -2.28. The number of hydrogen-bond acceptors (Lipinski definition) is 2.